The minimum atomic E-state index is -3.68. The first-order valence-electron chi connectivity index (χ1n) is 8.99. The van der Waals surface area contributed by atoms with Gasteiger partial charge in [-0.3, -0.25) is 9.10 Å². The fraction of sp³-hybridized carbons (Fsp3) is 0.136. The first-order chi connectivity index (χ1) is 13.8. The maximum Gasteiger partial charge on any atom is 0.264 e. The number of sulfonamides is 1. The number of rotatable bonds is 6. The molecule has 3 aromatic carbocycles. The van der Waals surface area contributed by atoms with Gasteiger partial charge in [-0.1, -0.05) is 30.3 Å². The van der Waals surface area contributed by atoms with Crippen LogP contribution in [0.3, 0.4) is 0 Å². The average molecular weight is 412 g/mol. The summed E-state index contributed by atoms with van der Waals surface area (Å²) in [4.78, 5) is 12.7. The zero-order valence-corrected chi connectivity index (χ0v) is 16.9. The lowest BCUT2D eigenvalue weighted by molar-refractivity contribution is 0.0940. The first kappa shape index (κ1) is 20.5. The van der Waals surface area contributed by atoms with Crippen molar-refractivity contribution in [3.63, 3.8) is 0 Å². The number of nitrogens with one attached hydrogen (secondary N) is 1. The van der Waals surface area contributed by atoms with Crippen LogP contribution in [0.2, 0.25) is 0 Å². The molecule has 1 N–H and O–H groups in total. The first-order valence-corrected chi connectivity index (χ1v) is 10.4. The molecule has 7 heteroatoms. The molecule has 3 rings (SSSR count). The maximum absolute atomic E-state index is 13.0. The average Bonchev–Trinajstić information content (AvgIpc) is 2.74. The number of carbonyl (C=O) groups is 1. The molecule has 1 amide bonds. The molecule has 1 atom stereocenters. The summed E-state index contributed by atoms with van der Waals surface area (Å²) in [5.41, 5.74) is 1.62. The van der Waals surface area contributed by atoms with Gasteiger partial charge in [-0.2, -0.15) is 0 Å². The highest BCUT2D eigenvalue weighted by Gasteiger charge is 2.21. The summed E-state index contributed by atoms with van der Waals surface area (Å²) in [6.07, 6.45) is 0. The highest BCUT2D eigenvalue weighted by Crippen LogP contribution is 2.22. The van der Waals surface area contributed by atoms with Crippen molar-refractivity contribution in [1.82, 2.24) is 5.32 Å². The highest BCUT2D eigenvalue weighted by atomic mass is 32.2. The van der Waals surface area contributed by atoms with Gasteiger partial charge in [0.2, 0.25) is 0 Å². The van der Waals surface area contributed by atoms with Crippen LogP contribution in [0.4, 0.5) is 10.1 Å². The van der Waals surface area contributed by atoms with E-state index in [1.54, 1.807) is 61.5 Å². The van der Waals surface area contributed by atoms with Crippen LogP contribution in [0.5, 0.6) is 0 Å². The lowest BCUT2D eigenvalue weighted by atomic mass is 10.1. The largest absolute Gasteiger partial charge is 0.346 e. The van der Waals surface area contributed by atoms with E-state index in [2.05, 4.69) is 5.32 Å². The van der Waals surface area contributed by atoms with Gasteiger partial charge in [0.05, 0.1) is 16.6 Å². The third-order valence-electron chi connectivity index (χ3n) is 4.61. The van der Waals surface area contributed by atoms with E-state index in [0.29, 0.717) is 11.3 Å². The van der Waals surface area contributed by atoms with Crippen LogP contribution in [0.15, 0.2) is 83.8 Å². The molecule has 0 spiro atoms. The summed E-state index contributed by atoms with van der Waals surface area (Å²) < 4.78 is 39.6. The second-order valence-corrected chi connectivity index (χ2v) is 8.55. The van der Waals surface area contributed by atoms with Crippen LogP contribution in [0.1, 0.15) is 28.9 Å². The molecule has 1 unspecified atom stereocenters. The van der Waals surface area contributed by atoms with Crippen molar-refractivity contribution in [3.8, 4) is 0 Å². The van der Waals surface area contributed by atoms with Crippen LogP contribution in [0, 0.1) is 5.82 Å². The number of hydrogen-bond donors (Lipinski definition) is 1. The van der Waals surface area contributed by atoms with Gasteiger partial charge < -0.3 is 5.32 Å². The van der Waals surface area contributed by atoms with E-state index < -0.39 is 10.0 Å². The second-order valence-electron chi connectivity index (χ2n) is 6.58. The van der Waals surface area contributed by atoms with Crippen molar-refractivity contribution in [2.24, 2.45) is 0 Å². The number of anilines is 1. The molecular formula is C22H21FN2O3S. The molecule has 0 aliphatic rings. The highest BCUT2D eigenvalue weighted by molar-refractivity contribution is 7.92. The zero-order chi connectivity index (χ0) is 21.0. The molecule has 0 fully saturated rings. The molecule has 0 aliphatic carbocycles. The van der Waals surface area contributed by atoms with E-state index in [1.807, 2.05) is 0 Å². The van der Waals surface area contributed by atoms with Crippen LogP contribution < -0.4 is 9.62 Å². The third-order valence-corrected chi connectivity index (χ3v) is 6.41. The smallest absolute Gasteiger partial charge is 0.264 e. The van der Waals surface area contributed by atoms with Crippen LogP contribution >= 0.6 is 0 Å². The monoisotopic (exact) mass is 412 g/mol. The summed E-state index contributed by atoms with van der Waals surface area (Å²) in [5.74, 6) is -0.639. The Hall–Kier alpha value is -3.19. The van der Waals surface area contributed by atoms with Gasteiger partial charge in [-0.15, -0.1) is 0 Å². The van der Waals surface area contributed by atoms with Crippen molar-refractivity contribution < 1.29 is 17.6 Å². The molecule has 0 aromatic heterocycles. The number of nitrogens with zero attached hydrogens (tertiary/aromatic N) is 1. The SMILES string of the molecule is CC(NC(=O)c1ccc(N(C)S(=O)(=O)c2ccccc2)cc1)c1ccc(F)cc1. The molecule has 150 valence electrons. The normalized spacial score (nSPS) is 12.2. The fourth-order valence-corrected chi connectivity index (χ4v) is 4.04. The molecule has 0 aliphatic heterocycles. The van der Waals surface area contributed by atoms with E-state index in [1.165, 1.54) is 35.6 Å². The Morgan fingerprint density at radius 3 is 2.10 bits per heavy atom. The van der Waals surface area contributed by atoms with Crippen LogP contribution in [-0.4, -0.2) is 21.4 Å². The Balaban J connectivity index is 1.72. The Bertz CT molecular complexity index is 1080. The molecule has 0 radical (unpaired) electrons. The molecule has 29 heavy (non-hydrogen) atoms. The fourth-order valence-electron chi connectivity index (χ4n) is 2.83. The Morgan fingerprint density at radius 1 is 0.931 bits per heavy atom. The quantitative estimate of drug-likeness (QED) is 0.662. The molecule has 5 nitrogen and oxygen atoms in total. The van der Waals surface area contributed by atoms with Crippen molar-refractivity contribution >= 4 is 21.6 Å². The maximum atomic E-state index is 13.0. The van der Waals surface area contributed by atoms with E-state index in [9.17, 15) is 17.6 Å². The minimum Gasteiger partial charge on any atom is -0.346 e. The third kappa shape index (κ3) is 4.63. The summed E-state index contributed by atoms with van der Waals surface area (Å²) in [6, 6.07) is 20.1. The van der Waals surface area contributed by atoms with Crippen molar-refractivity contribution in [2.75, 3.05) is 11.4 Å². The Labute approximate surface area is 169 Å². The molecule has 0 saturated carbocycles. The van der Waals surface area contributed by atoms with Gasteiger partial charge in [0.1, 0.15) is 5.82 Å². The molecule has 0 saturated heterocycles. The van der Waals surface area contributed by atoms with E-state index in [0.717, 1.165) is 5.56 Å². The van der Waals surface area contributed by atoms with Gasteiger partial charge in [0.25, 0.3) is 15.9 Å². The lowest BCUT2D eigenvalue weighted by Gasteiger charge is -2.20. The minimum absolute atomic E-state index is 0.192. The number of amides is 1. The second kappa shape index (κ2) is 8.45. The number of hydrogen-bond acceptors (Lipinski definition) is 3. The molecule has 0 heterocycles. The van der Waals surface area contributed by atoms with Crippen LogP contribution in [-0.2, 0) is 10.0 Å². The van der Waals surface area contributed by atoms with Gasteiger partial charge in [0, 0.05) is 12.6 Å². The van der Waals surface area contributed by atoms with Crippen molar-refractivity contribution in [3.05, 3.63) is 95.8 Å². The predicted molar refractivity (Wildman–Crippen MR) is 111 cm³/mol. The number of carbonyl (C=O) groups excluding carboxylic acids is 1. The standard InChI is InChI=1S/C22H21FN2O3S/c1-16(17-8-12-19(23)13-9-17)24-22(26)18-10-14-20(15-11-18)25(2)29(27,28)21-6-4-3-5-7-21/h3-16H,1-2H3,(H,24,26). The number of halogens is 1. The van der Waals surface area contributed by atoms with E-state index in [4.69, 9.17) is 0 Å². The zero-order valence-electron chi connectivity index (χ0n) is 16.0. The van der Waals surface area contributed by atoms with Gasteiger partial charge in [-0.25, -0.2) is 12.8 Å². The van der Waals surface area contributed by atoms with Gasteiger partial charge in [0.15, 0.2) is 0 Å². The van der Waals surface area contributed by atoms with Gasteiger partial charge >= 0.3 is 0 Å². The Morgan fingerprint density at radius 2 is 1.52 bits per heavy atom. The van der Waals surface area contributed by atoms with Gasteiger partial charge in [-0.05, 0) is 61.0 Å². The predicted octanol–water partition coefficient (Wildman–Crippen LogP) is 4.14. The van der Waals surface area contributed by atoms with E-state index in [-0.39, 0.29) is 22.7 Å². The molecular weight excluding hydrogens is 391 g/mol. The van der Waals surface area contributed by atoms with Crippen molar-refractivity contribution in [2.45, 2.75) is 17.9 Å². The summed E-state index contributed by atoms with van der Waals surface area (Å²) in [6.45, 7) is 1.81. The summed E-state index contributed by atoms with van der Waals surface area (Å²) in [5, 5.41) is 2.84. The van der Waals surface area contributed by atoms with Crippen molar-refractivity contribution in [1.29, 1.82) is 0 Å². The molecule has 3 aromatic rings. The Kier molecular flexibility index (Phi) is 5.98. The number of benzene rings is 3. The topological polar surface area (TPSA) is 66.5 Å². The van der Waals surface area contributed by atoms with Crippen LogP contribution in [0.25, 0.3) is 0 Å². The summed E-state index contributed by atoms with van der Waals surface area (Å²) in [7, 11) is -2.22. The lowest BCUT2D eigenvalue weighted by Crippen LogP contribution is -2.28. The van der Waals surface area contributed by atoms with E-state index >= 15 is 0 Å². The summed E-state index contributed by atoms with van der Waals surface area (Å²) >= 11 is 0. The molecule has 0 bridgehead atoms.